The minimum absolute atomic E-state index is 0.0190. The maximum Gasteiger partial charge on any atom is 0.228 e. The Labute approximate surface area is 112 Å². The molecular formula is C13H18N4O2. The standard InChI is InChI=1S/C13H18N4O2/c1-15-9-11(7-14-15)17-8-10(6-12(17)18)13(19)16-4-2-3-5-16/h7,9-10H,2-6,8H2,1H3/t10-/m1/s1. The monoisotopic (exact) mass is 262 g/mol. The van der Waals surface area contributed by atoms with Crippen molar-refractivity contribution in [3.63, 3.8) is 0 Å². The molecule has 1 aromatic heterocycles. The largest absolute Gasteiger partial charge is 0.342 e. The summed E-state index contributed by atoms with van der Waals surface area (Å²) < 4.78 is 1.66. The van der Waals surface area contributed by atoms with E-state index in [1.807, 2.05) is 11.9 Å². The average molecular weight is 262 g/mol. The Kier molecular flexibility index (Phi) is 3.00. The molecule has 2 saturated heterocycles. The summed E-state index contributed by atoms with van der Waals surface area (Å²) in [5, 5.41) is 4.07. The summed E-state index contributed by atoms with van der Waals surface area (Å²) >= 11 is 0. The Balaban J connectivity index is 1.71. The van der Waals surface area contributed by atoms with E-state index < -0.39 is 0 Å². The minimum atomic E-state index is -0.189. The van der Waals surface area contributed by atoms with Gasteiger partial charge in [-0.25, -0.2) is 0 Å². The fourth-order valence-electron chi connectivity index (χ4n) is 2.87. The molecule has 0 spiro atoms. The number of nitrogens with zero attached hydrogens (tertiary/aromatic N) is 4. The van der Waals surface area contributed by atoms with Gasteiger partial charge in [-0.15, -0.1) is 0 Å². The molecule has 1 aromatic rings. The molecule has 0 unspecified atom stereocenters. The quantitative estimate of drug-likeness (QED) is 0.775. The van der Waals surface area contributed by atoms with E-state index in [1.165, 1.54) is 0 Å². The Morgan fingerprint density at radius 3 is 2.74 bits per heavy atom. The summed E-state index contributed by atoms with van der Waals surface area (Å²) in [6, 6.07) is 0. The van der Waals surface area contributed by atoms with E-state index in [0.717, 1.165) is 31.6 Å². The molecular weight excluding hydrogens is 244 g/mol. The van der Waals surface area contributed by atoms with Gasteiger partial charge in [-0.1, -0.05) is 0 Å². The molecule has 6 heteroatoms. The fourth-order valence-corrected chi connectivity index (χ4v) is 2.87. The third-order valence-corrected chi connectivity index (χ3v) is 3.89. The Morgan fingerprint density at radius 1 is 1.37 bits per heavy atom. The van der Waals surface area contributed by atoms with Crippen LogP contribution >= 0.6 is 0 Å². The number of hydrogen-bond donors (Lipinski definition) is 0. The van der Waals surface area contributed by atoms with Crippen molar-refractivity contribution in [3.8, 4) is 0 Å². The molecule has 3 rings (SSSR count). The molecule has 19 heavy (non-hydrogen) atoms. The van der Waals surface area contributed by atoms with Crippen LogP contribution in [0.5, 0.6) is 0 Å². The number of carbonyl (C=O) groups is 2. The highest BCUT2D eigenvalue weighted by atomic mass is 16.2. The number of likely N-dealkylation sites (tertiary alicyclic amines) is 1. The van der Waals surface area contributed by atoms with Gasteiger partial charge in [0.2, 0.25) is 11.8 Å². The van der Waals surface area contributed by atoms with Gasteiger partial charge in [0.05, 0.1) is 17.8 Å². The van der Waals surface area contributed by atoms with Gasteiger partial charge in [0.15, 0.2) is 0 Å². The van der Waals surface area contributed by atoms with Crippen molar-refractivity contribution in [1.29, 1.82) is 0 Å². The lowest BCUT2D eigenvalue weighted by molar-refractivity contribution is -0.134. The van der Waals surface area contributed by atoms with Crippen LogP contribution in [0, 0.1) is 5.92 Å². The Hall–Kier alpha value is -1.85. The smallest absolute Gasteiger partial charge is 0.228 e. The van der Waals surface area contributed by atoms with E-state index in [-0.39, 0.29) is 17.7 Å². The third kappa shape index (κ3) is 2.22. The molecule has 2 amide bonds. The van der Waals surface area contributed by atoms with Gasteiger partial charge in [0, 0.05) is 39.3 Å². The molecule has 6 nitrogen and oxygen atoms in total. The van der Waals surface area contributed by atoms with Crippen LogP contribution in [0.25, 0.3) is 0 Å². The number of aromatic nitrogens is 2. The predicted molar refractivity (Wildman–Crippen MR) is 69.5 cm³/mol. The highest BCUT2D eigenvalue weighted by Crippen LogP contribution is 2.26. The molecule has 0 aromatic carbocycles. The highest BCUT2D eigenvalue weighted by molar-refractivity contribution is 6.00. The van der Waals surface area contributed by atoms with Gasteiger partial charge in [-0.3, -0.25) is 14.3 Å². The van der Waals surface area contributed by atoms with Gasteiger partial charge in [-0.05, 0) is 12.8 Å². The zero-order valence-electron chi connectivity index (χ0n) is 11.1. The topological polar surface area (TPSA) is 58.4 Å². The fraction of sp³-hybridized carbons (Fsp3) is 0.615. The molecule has 0 N–H and O–H groups in total. The van der Waals surface area contributed by atoms with Crippen LogP contribution in [0.2, 0.25) is 0 Å². The van der Waals surface area contributed by atoms with Gasteiger partial charge < -0.3 is 9.80 Å². The molecule has 2 aliphatic rings. The van der Waals surface area contributed by atoms with Crippen molar-refractivity contribution >= 4 is 17.5 Å². The van der Waals surface area contributed by atoms with Crippen molar-refractivity contribution in [2.24, 2.45) is 13.0 Å². The first-order chi connectivity index (χ1) is 9.15. The lowest BCUT2D eigenvalue weighted by atomic mass is 10.1. The number of amides is 2. The lowest BCUT2D eigenvalue weighted by Crippen LogP contribution is -2.35. The predicted octanol–water partition coefficient (Wildman–Crippen LogP) is 0.395. The highest BCUT2D eigenvalue weighted by Gasteiger charge is 2.38. The number of rotatable bonds is 2. The van der Waals surface area contributed by atoms with E-state index in [1.54, 1.807) is 22.0 Å². The molecule has 0 aliphatic carbocycles. The molecule has 102 valence electrons. The summed E-state index contributed by atoms with van der Waals surface area (Å²) in [5.74, 6) is -0.0337. The van der Waals surface area contributed by atoms with Crippen LogP contribution in [0.1, 0.15) is 19.3 Å². The Morgan fingerprint density at radius 2 is 2.11 bits per heavy atom. The number of hydrogen-bond acceptors (Lipinski definition) is 3. The first-order valence-corrected chi connectivity index (χ1v) is 6.73. The summed E-state index contributed by atoms with van der Waals surface area (Å²) in [5.41, 5.74) is 0.782. The van der Waals surface area contributed by atoms with Crippen LogP contribution in [0.4, 0.5) is 5.69 Å². The van der Waals surface area contributed by atoms with E-state index in [0.29, 0.717) is 13.0 Å². The molecule has 0 bridgehead atoms. The van der Waals surface area contributed by atoms with Crippen molar-refractivity contribution < 1.29 is 9.59 Å². The van der Waals surface area contributed by atoms with E-state index in [9.17, 15) is 9.59 Å². The van der Waals surface area contributed by atoms with Crippen LogP contribution < -0.4 is 4.90 Å². The second kappa shape index (κ2) is 4.68. The van der Waals surface area contributed by atoms with Crippen LogP contribution in [-0.4, -0.2) is 46.1 Å². The molecule has 3 heterocycles. The van der Waals surface area contributed by atoms with E-state index >= 15 is 0 Å². The lowest BCUT2D eigenvalue weighted by Gasteiger charge is -2.19. The average Bonchev–Trinajstić information content (AvgIpc) is 3.08. The molecule has 2 aliphatic heterocycles. The zero-order valence-corrected chi connectivity index (χ0v) is 11.1. The third-order valence-electron chi connectivity index (χ3n) is 3.89. The SMILES string of the molecule is Cn1cc(N2C[C@H](C(=O)N3CCCC3)CC2=O)cn1. The van der Waals surface area contributed by atoms with Crippen LogP contribution in [-0.2, 0) is 16.6 Å². The summed E-state index contributed by atoms with van der Waals surface area (Å²) in [7, 11) is 1.82. The Bertz CT molecular complexity index is 504. The van der Waals surface area contributed by atoms with Crippen LogP contribution in [0.3, 0.4) is 0 Å². The van der Waals surface area contributed by atoms with Crippen molar-refractivity contribution in [2.75, 3.05) is 24.5 Å². The second-order valence-electron chi connectivity index (χ2n) is 5.31. The molecule has 0 saturated carbocycles. The van der Waals surface area contributed by atoms with Crippen molar-refractivity contribution in [3.05, 3.63) is 12.4 Å². The van der Waals surface area contributed by atoms with Gasteiger partial charge in [-0.2, -0.15) is 5.10 Å². The normalized spacial score (nSPS) is 23.4. The zero-order chi connectivity index (χ0) is 13.4. The summed E-state index contributed by atoms with van der Waals surface area (Å²) in [6.07, 6.45) is 5.96. The summed E-state index contributed by atoms with van der Waals surface area (Å²) in [4.78, 5) is 27.9. The molecule has 1 atom stereocenters. The molecule has 0 radical (unpaired) electrons. The maximum atomic E-state index is 12.3. The van der Waals surface area contributed by atoms with Gasteiger partial charge in [0.25, 0.3) is 0 Å². The molecule has 2 fully saturated rings. The number of carbonyl (C=O) groups excluding carboxylic acids is 2. The maximum absolute atomic E-state index is 12.3. The van der Waals surface area contributed by atoms with E-state index in [4.69, 9.17) is 0 Å². The number of aryl methyl sites for hydroxylation is 1. The summed E-state index contributed by atoms with van der Waals surface area (Å²) in [6.45, 7) is 2.17. The first-order valence-electron chi connectivity index (χ1n) is 6.73. The van der Waals surface area contributed by atoms with Crippen LogP contribution in [0.15, 0.2) is 12.4 Å². The second-order valence-corrected chi connectivity index (χ2v) is 5.31. The van der Waals surface area contributed by atoms with Gasteiger partial charge in [0.1, 0.15) is 0 Å². The minimum Gasteiger partial charge on any atom is -0.342 e. The van der Waals surface area contributed by atoms with Gasteiger partial charge >= 0.3 is 0 Å². The van der Waals surface area contributed by atoms with Crippen molar-refractivity contribution in [2.45, 2.75) is 19.3 Å². The van der Waals surface area contributed by atoms with Crippen molar-refractivity contribution in [1.82, 2.24) is 14.7 Å². The number of anilines is 1. The first kappa shape index (κ1) is 12.2. The van der Waals surface area contributed by atoms with E-state index in [2.05, 4.69) is 5.10 Å².